The highest BCUT2D eigenvalue weighted by atomic mass is 16.3. The van der Waals surface area contributed by atoms with Crippen LogP contribution in [0.2, 0.25) is 0 Å². The van der Waals surface area contributed by atoms with Gasteiger partial charge in [0.05, 0.1) is 6.10 Å². The number of aromatic hydroxyl groups is 1. The van der Waals surface area contributed by atoms with E-state index >= 15 is 0 Å². The summed E-state index contributed by atoms with van der Waals surface area (Å²) in [5.41, 5.74) is 1.07. The lowest BCUT2D eigenvalue weighted by Gasteiger charge is -2.27. The third-order valence-corrected chi connectivity index (χ3v) is 3.03. The van der Waals surface area contributed by atoms with Crippen LogP contribution in [-0.4, -0.2) is 16.3 Å². The molecule has 0 heterocycles. The zero-order chi connectivity index (χ0) is 9.97. The molecule has 2 rings (SSSR count). The summed E-state index contributed by atoms with van der Waals surface area (Å²) >= 11 is 0. The van der Waals surface area contributed by atoms with Crippen molar-refractivity contribution in [3.63, 3.8) is 0 Å². The summed E-state index contributed by atoms with van der Waals surface area (Å²) in [5, 5.41) is 19.2. The van der Waals surface area contributed by atoms with Gasteiger partial charge in [0.25, 0.3) is 0 Å². The van der Waals surface area contributed by atoms with Gasteiger partial charge in [0.15, 0.2) is 0 Å². The van der Waals surface area contributed by atoms with E-state index < -0.39 is 0 Å². The van der Waals surface area contributed by atoms with E-state index in [0.29, 0.717) is 5.75 Å². The van der Waals surface area contributed by atoms with Crippen LogP contribution in [0, 0.1) is 0 Å². The predicted octanol–water partition coefficient (Wildman–Crippen LogP) is 2.41. The molecular formula is C12H16O2. The fraction of sp³-hybridized carbons (Fsp3) is 0.500. The van der Waals surface area contributed by atoms with Crippen molar-refractivity contribution >= 4 is 0 Å². The fourth-order valence-corrected chi connectivity index (χ4v) is 2.26. The quantitative estimate of drug-likeness (QED) is 0.717. The van der Waals surface area contributed by atoms with E-state index in [1.54, 1.807) is 12.1 Å². The zero-order valence-electron chi connectivity index (χ0n) is 8.19. The molecule has 2 nitrogen and oxygen atoms in total. The van der Waals surface area contributed by atoms with Gasteiger partial charge in [0, 0.05) is 5.92 Å². The van der Waals surface area contributed by atoms with E-state index in [-0.39, 0.29) is 12.0 Å². The monoisotopic (exact) mass is 192 g/mol. The average molecular weight is 192 g/mol. The van der Waals surface area contributed by atoms with E-state index in [9.17, 15) is 10.2 Å². The topological polar surface area (TPSA) is 40.5 Å². The molecule has 2 atom stereocenters. The van der Waals surface area contributed by atoms with Gasteiger partial charge in [-0.25, -0.2) is 0 Å². The molecule has 14 heavy (non-hydrogen) atoms. The highest BCUT2D eigenvalue weighted by Crippen LogP contribution is 2.33. The van der Waals surface area contributed by atoms with Crippen molar-refractivity contribution in [3.8, 4) is 5.75 Å². The van der Waals surface area contributed by atoms with Crippen molar-refractivity contribution in [2.75, 3.05) is 0 Å². The van der Waals surface area contributed by atoms with E-state index in [2.05, 4.69) is 0 Å². The summed E-state index contributed by atoms with van der Waals surface area (Å²) in [4.78, 5) is 0. The second kappa shape index (κ2) is 4.01. The maximum atomic E-state index is 9.83. The fourth-order valence-electron chi connectivity index (χ4n) is 2.26. The molecule has 0 aliphatic heterocycles. The molecule has 2 heteroatoms. The molecule has 2 N–H and O–H groups in total. The van der Waals surface area contributed by atoms with Crippen molar-refractivity contribution in [2.24, 2.45) is 0 Å². The van der Waals surface area contributed by atoms with Crippen molar-refractivity contribution in [1.82, 2.24) is 0 Å². The van der Waals surface area contributed by atoms with Gasteiger partial charge in [0.1, 0.15) is 5.75 Å². The molecular weight excluding hydrogens is 176 g/mol. The first kappa shape index (κ1) is 9.53. The summed E-state index contributed by atoms with van der Waals surface area (Å²) in [7, 11) is 0. The SMILES string of the molecule is Oc1cccc([C@H]2CCCC[C@@H]2O)c1. The summed E-state index contributed by atoms with van der Waals surface area (Å²) in [5.74, 6) is 0.510. The highest BCUT2D eigenvalue weighted by molar-refractivity contribution is 5.30. The molecule has 0 unspecified atom stereocenters. The van der Waals surface area contributed by atoms with Crippen LogP contribution in [0.1, 0.15) is 37.2 Å². The number of phenols is 1. The summed E-state index contributed by atoms with van der Waals surface area (Å²) in [6.45, 7) is 0. The molecule has 1 fully saturated rings. The molecule has 0 saturated heterocycles. The number of benzene rings is 1. The minimum absolute atomic E-state index is 0.218. The molecule has 0 bridgehead atoms. The van der Waals surface area contributed by atoms with Crippen molar-refractivity contribution in [1.29, 1.82) is 0 Å². The smallest absolute Gasteiger partial charge is 0.115 e. The molecule has 1 aliphatic carbocycles. The Bertz CT molecular complexity index is 309. The molecule has 76 valence electrons. The lowest BCUT2D eigenvalue weighted by molar-refractivity contribution is 0.106. The number of aliphatic hydroxyl groups is 1. The Morgan fingerprint density at radius 1 is 1.14 bits per heavy atom. The van der Waals surface area contributed by atoms with Gasteiger partial charge in [-0.3, -0.25) is 0 Å². The first-order chi connectivity index (χ1) is 6.77. The molecule has 1 saturated carbocycles. The van der Waals surface area contributed by atoms with Crippen LogP contribution in [0.4, 0.5) is 0 Å². The van der Waals surface area contributed by atoms with Gasteiger partial charge < -0.3 is 10.2 Å². The Labute approximate surface area is 84.2 Å². The number of aliphatic hydroxyl groups excluding tert-OH is 1. The third-order valence-electron chi connectivity index (χ3n) is 3.03. The van der Waals surface area contributed by atoms with Crippen LogP contribution >= 0.6 is 0 Å². The van der Waals surface area contributed by atoms with Crippen LogP contribution in [0.25, 0.3) is 0 Å². The molecule has 1 aromatic rings. The van der Waals surface area contributed by atoms with E-state index in [1.165, 1.54) is 6.42 Å². The van der Waals surface area contributed by atoms with Crippen molar-refractivity contribution in [2.45, 2.75) is 37.7 Å². The summed E-state index contributed by atoms with van der Waals surface area (Å²) < 4.78 is 0. The Kier molecular flexibility index (Phi) is 2.73. The maximum absolute atomic E-state index is 9.83. The maximum Gasteiger partial charge on any atom is 0.115 e. The van der Waals surface area contributed by atoms with Crippen molar-refractivity contribution in [3.05, 3.63) is 29.8 Å². The molecule has 0 aromatic heterocycles. The summed E-state index contributed by atoms with van der Waals surface area (Å²) in [6, 6.07) is 7.25. The predicted molar refractivity (Wildman–Crippen MR) is 55.3 cm³/mol. The largest absolute Gasteiger partial charge is 0.508 e. The van der Waals surface area contributed by atoms with Gasteiger partial charge in [-0.15, -0.1) is 0 Å². The lowest BCUT2D eigenvalue weighted by atomic mass is 9.82. The molecule has 0 spiro atoms. The first-order valence-electron chi connectivity index (χ1n) is 5.24. The van der Waals surface area contributed by atoms with Crippen LogP contribution < -0.4 is 0 Å². The molecule has 0 amide bonds. The zero-order valence-corrected chi connectivity index (χ0v) is 8.19. The van der Waals surface area contributed by atoms with Gasteiger partial charge in [-0.05, 0) is 30.5 Å². The summed E-state index contributed by atoms with van der Waals surface area (Å²) in [6.07, 6.45) is 3.99. The third kappa shape index (κ3) is 1.90. The van der Waals surface area contributed by atoms with Crippen LogP contribution in [0.3, 0.4) is 0 Å². The second-order valence-corrected chi connectivity index (χ2v) is 4.05. The van der Waals surface area contributed by atoms with Crippen molar-refractivity contribution < 1.29 is 10.2 Å². The lowest BCUT2D eigenvalue weighted by Crippen LogP contribution is -2.22. The second-order valence-electron chi connectivity index (χ2n) is 4.05. The number of hydrogen-bond donors (Lipinski definition) is 2. The average Bonchev–Trinajstić information content (AvgIpc) is 2.18. The Morgan fingerprint density at radius 2 is 1.93 bits per heavy atom. The Balaban J connectivity index is 2.20. The van der Waals surface area contributed by atoms with Gasteiger partial charge >= 0.3 is 0 Å². The van der Waals surface area contributed by atoms with Gasteiger partial charge in [-0.2, -0.15) is 0 Å². The number of hydrogen-bond acceptors (Lipinski definition) is 2. The van der Waals surface area contributed by atoms with Gasteiger partial charge in [0.2, 0.25) is 0 Å². The standard InChI is InChI=1S/C12H16O2/c13-10-5-3-4-9(8-10)11-6-1-2-7-12(11)14/h3-5,8,11-14H,1-2,6-7H2/t11-,12+/m1/s1. The minimum Gasteiger partial charge on any atom is -0.508 e. The van der Waals surface area contributed by atoms with Crippen LogP contribution in [0.5, 0.6) is 5.75 Å². The van der Waals surface area contributed by atoms with Crippen LogP contribution in [0.15, 0.2) is 24.3 Å². The van der Waals surface area contributed by atoms with E-state index in [1.807, 2.05) is 12.1 Å². The normalized spacial score (nSPS) is 27.5. The minimum atomic E-state index is -0.231. The number of rotatable bonds is 1. The van der Waals surface area contributed by atoms with E-state index in [0.717, 1.165) is 24.8 Å². The first-order valence-corrected chi connectivity index (χ1v) is 5.24. The van der Waals surface area contributed by atoms with Crippen LogP contribution in [-0.2, 0) is 0 Å². The Hall–Kier alpha value is -1.02. The molecule has 0 radical (unpaired) electrons. The molecule has 1 aromatic carbocycles. The number of phenolic OH excluding ortho intramolecular Hbond substituents is 1. The van der Waals surface area contributed by atoms with Gasteiger partial charge in [-0.1, -0.05) is 25.0 Å². The Morgan fingerprint density at radius 3 is 2.64 bits per heavy atom. The highest BCUT2D eigenvalue weighted by Gasteiger charge is 2.24. The van der Waals surface area contributed by atoms with E-state index in [4.69, 9.17) is 0 Å². The molecule has 1 aliphatic rings.